The van der Waals surface area contributed by atoms with Crippen molar-refractivity contribution >= 4 is 17.8 Å². The largest absolute Gasteiger partial charge is 0.482 e. The van der Waals surface area contributed by atoms with Crippen molar-refractivity contribution in [2.24, 2.45) is 0 Å². The van der Waals surface area contributed by atoms with Gasteiger partial charge in [-0.1, -0.05) is 24.8 Å². The van der Waals surface area contributed by atoms with E-state index in [1.807, 2.05) is 12.1 Å². The molecule has 0 aliphatic heterocycles. The molecule has 4 nitrogen and oxygen atoms in total. The highest BCUT2D eigenvalue weighted by atomic mass is 16.6. The molecular weight excluding hydrogens is 256 g/mol. The summed E-state index contributed by atoms with van der Waals surface area (Å²) in [6.45, 7) is 3.52. The van der Waals surface area contributed by atoms with Gasteiger partial charge in [0.15, 0.2) is 6.61 Å². The number of benzene rings is 1. The fourth-order valence-corrected chi connectivity index (χ4v) is 2.15. The lowest BCUT2D eigenvalue weighted by molar-refractivity contribution is -0.153. The monoisotopic (exact) mass is 274 g/mol. The second-order valence-corrected chi connectivity index (χ2v) is 4.81. The minimum absolute atomic E-state index is 0.141. The molecule has 0 aromatic heterocycles. The summed E-state index contributed by atoms with van der Waals surface area (Å²) < 4.78 is 10.6. The standard InChI is InChI=1S/C16H18O4/c1-2-12-6-8-14(9-7-12)19-11-16(18)20-15-5-3-4-13(17)10-15/h2,6-9,15H,1,3-5,10-11H2. The number of esters is 1. The number of rotatable bonds is 5. The molecule has 1 unspecified atom stereocenters. The average molecular weight is 274 g/mol. The van der Waals surface area contributed by atoms with Crippen LogP contribution in [-0.2, 0) is 14.3 Å². The van der Waals surface area contributed by atoms with Crippen LogP contribution in [0.5, 0.6) is 5.75 Å². The summed E-state index contributed by atoms with van der Waals surface area (Å²) in [5.41, 5.74) is 0.987. The normalized spacial score (nSPS) is 18.4. The number of ether oxygens (including phenoxy) is 2. The molecular formula is C16H18O4. The van der Waals surface area contributed by atoms with Gasteiger partial charge in [0.2, 0.25) is 0 Å². The molecule has 1 atom stereocenters. The van der Waals surface area contributed by atoms with Crippen molar-refractivity contribution in [3.05, 3.63) is 36.4 Å². The topological polar surface area (TPSA) is 52.6 Å². The van der Waals surface area contributed by atoms with Crippen molar-refractivity contribution in [3.63, 3.8) is 0 Å². The molecule has 1 saturated carbocycles. The van der Waals surface area contributed by atoms with Crippen LogP contribution in [0, 0.1) is 0 Å². The van der Waals surface area contributed by atoms with Crippen molar-refractivity contribution in [1.82, 2.24) is 0 Å². The fourth-order valence-electron chi connectivity index (χ4n) is 2.15. The summed E-state index contributed by atoms with van der Waals surface area (Å²) in [6, 6.07) is 7.25. The highest BCUT2D eigenvalue weighted by Crippen LogP contribution is 2.18. The molecule has 20 heavy (non-hydrogen) atoms. The summed E-state index contributed by atoms with van der Waals surface area (Å²) >= 11 is 0. The van der Waals surface area contributed by atoms with E-state index in [4.69, 9.17) is 9.47 Å². The molecule has 4 heteroatoms. The number of ketones is 1. The van der Waals surface area contributed by atoms with Gasteiger partial charge in [0.25, 0.3) is 0 Å². The molecule has 1 aliphatic carbocycles. The third kappa shape index (κ3) is 4.23. The molecule has 0 N–H and O–H groups in total. The Morgan fingerprint density at radius 3 is 2.75 bits per heavy atom. The van der Waals surface area contributed by atoms with E-state index < -0.39 is 5.97 Å². The maximum absolute atomic E-state index is 11.6. The number of hydrogen-bond acceptors (Lipinski definition) is 4. The van der Waals surface area contributed by atoms with Crippen molar-refractivity contribution in [1.29, 1.82) is 0 Å². The first-order valence-electron chi connectivity index (χ1n) is 6.74. The van der Waals surface area contributed by atoms with Crippen molar-refractivity contribution in [2.45, 2.75) is 31.8 Å². The van der Waals surface area contributed by atoms with E-state index in [1.54, 1.807) is 18.2 Å². The smallest absolute Gasteiger partial charge is 0.344 e. The minimum Gasteiger partial charge on any atom is -0.482 e. The van der Waals surface area contributed by atoms with Gasteiger partial charge >= 0.3 is 5.97 Å². The van der Waals surface area contributed by atoms with Crippen LogP contribution in [0.15, 0.2) is 30.8 Å². The third-order valence-corrected chi connectivity index (χ3v) is 3.21. The molecule has 2 rings (SSSR count). The number of Topliss-reactive ketones (excluding diaryl/α,β-unsaturated/α-hetero) is 1. The number of hydrogen-bond donors (Lipinski definition) is 0. The molecule has 0 heterocycles. The first kappa shape index (κ1) is 14.3. The Morgan fingerprint density at radius 1 is 1.35 bits per heavy atom. The molecule has 1 aromatic rings. The summed E-state index contributed by atoms with van der Waals surface area (Å²) in [7, 11) is 0. The Balaban J connectivity index is 1.76. The van der Waals surface area contributed by atoms with Gasteiger partial charge < -0.3 is 9.47 Å². The lowest BCUT2D eigenvalue weighted by atomic mass is 9.96. The van der Waals surface area contributed by atoms with Crippen molar-refractivity contribution in [3.8, 4) is 5.75 Å². The Kier molecular flexibility index (Phi) is 4.93. The highest BCUT2D eigenvalue weighted by molar-refractivity contribution is 5.80. The maximum atomic E-state index is 11.6. The second kappa shape index (κ2) is 6.89. The molecule has 1 fully saturated rings. The van der Waals surface area contributed by atoms with Gasteiger partial charge in [-0.25, -0.2) is 4.79 Å². The Hall–Kier alpha value is -2.10. The van der Waals surface area contributed by atoms with Gasteiger partial charge in [-0.15, -0.1) is 0 Å². The van der Waals surface area contributed by atoms with Crippen LogP contribution in [0.25, 0.3) is 6.08 Å². The summed E-state index contributed by atoms with van der Waals surface area (Å²) in [5, 5.41) is 0. The van der Waals surface area contributed by atoms with Crippen LogP contribution in [0.2, 0.25) is 0 Å². The summed E-state index contributed by atoms with van der Waals surface area (Å²) in [5.74, 6) is 0.333. The summed E-state index contributed by atoms with van der Waals surface area (Å²) in [6.07, 6.45) is 3.93. The molecule has 0 amide bonds. The van der Waals surface area contributed by atoms with Crippen LogP contribution in [0.1, 0.15) is 31.2 Å². The zero-order chi connectivity index (χ0) is 14.4. The fraction of sp³-hybridized carbons (Fsp3) is 0.375. The van der Waals surface area contributed by atoms with Gasteiger partial charge in [0.1, 0.15) is 17.6 Å². The van der Waals surface area contributed by atoms with Gasteiger partial charge in [-0.3, -0.25) is 4.79 Å². The van der Waals surface area contributed by atoms with Crippen molar-refractivity contribution < 1.29 is 19.1 Å². The molecule has 0 radical (unpaired) electrons. The van der Waals surface area contributed by atoms with E-state index in [9.17, 15) is 9.59 Å². The second-order valence-electron chi connectivity index (χ2n) is 4.81. The maximum Gasteiger partial charge on any atom is 0.344 e. The van der Waals surface area contributed by atoms with E-state index in [1.165, 1.54) is 0 Å². The molecule has 106 valence electrons. The molecule has 1 aromatic carbocycles. The average Bonchev–Trinajstić information content (AvgIpc) is 2.46. The van der Waals surface area contributed by atoms with E-state index in [-0.39, 0.29) is 18.5 Å². The summed E-state index contributed by atoms with van der Waals surface area (Å²) in [4.78, 5) is 22.9. The van der Waals surface area contributed by atoms with E-state index in [0.717, 1.165) is 18.4 Å². The van der Waals surface area contributed by atoms with Crippen molar-refractivity contribution in [2.75, 3.05) is 6.61 Å². The van der Waals surface area contributed by atoms with Gasteiger partial charge in [-0.05, 0) is 30.5 Å². The zero-order valence-electron chi connectivity index (χ0n) is 11.3. The van der Waals surface area contributed by atoms with Crippen LogP contribution < -0.4 is 4.74 Å². The predicted molar refractivity (Wildman–Crippen MR) is 75.4 cm³/mol. The van der Waals surface area contributed by atoms with E-state index in [2.05, 4.69) is 6.58 Å². The van der Waals surface area contributed by atoms with Crippen LogP contribution in [0.3, 0.4) is 0 Å². The number of carbonyl (C=O) groups excluding carboxylic acids is 2. The third-order valence-electron chi connectivity index (χ3n) is 3.21. The van der Waals surface area contributed by atoms with Gasteiger partial charge in [-0.2, -0.15) is 0 Å². The SMILES string of the molecule is C=Cc1ccc(OCC(=O)OC2CCCC(=O)C2)cc1. The Morgan fingerprint density at radius 2 is 2.10 bits per heavy atom. The molecule has 0 bridgehead atoms. The van der Waals surface area contributed by atoms with Crippen LogP contribution in [0.4, 0.5) is 0 Å². The lowest BCUT2D eigenvalue weighted by Crippen LogP contribution is -2.28. The van der Waals surface area contributed by atoms with Crippen LogP contribution >= 0.6 is 0 Å². The predicted octanol–water partition coefficient (Wildman–Crippen LogP) is 2.76. The zero-order valence-corrected chi connectivity index (χ0v) is 11.3. The number of carbonyl (C=O) groups is 2. The quantitative estimate of drug-likeness (QED) is 0.775. The van der Waals surface area contributed by atoms with E-state index in [0.29, 0.717) is 18.6 Å². The first-order valence-corrected chi connectivity index (χ1v) is 6.74. The van der Waals surface area contributed by atoms with E-state index >= 15 is 0 Å². The van der Waals surface area contributed by atoms with Gasteiger partial charge in [0, 0.05) is 12.8 Å². The van der Waals surface area contributed by atoms with Crippen LogP contribution in [-0.4, -0.2) is 24.5 Å². The Labute approximate surface area is 118 Å². The lowest BCUT2D eigenvalue weighted by Gasteiger charge is -2.21. The minimum atomic E-state index is -0.433. The van der Waals surface area contributed by atoms with Gasteiger partial charge in [0.05, 0.1) is 0 Å². The molecule has 0 spiro atoms. The first-order chi connectivity index (χ1) is 9.67. The highest BCUT2D eigenvalue weighted by Gasteiger charge is 2.22. The molecule has 1 aliphatic rings. The Bertz CT molecular complexity index is 490. The molecule has 0 saturated heterocycles.